The van der Waals surface area contributed by atoms with Crippen molar-refractivity contribution in [1.82, 2.24) is 0 Å². The van der Waals surface area contributed by atoms with Crippen LogP contribution in [0.5, 0.6) is 23.0 Å². The van der Waals surface area contributed by atoms with Crippen LogP contribution in [-0.2, 0) is 23.2 Å². The van der Waals surface area contributed by atoms with Gasteiger partial charge < -0.3 is 20.9 Å². The van der Waals surface area contributed by atoms with Crippen molar-refractivity contribution in [2.45, 2.75) is 50.9 Å². The monoisotopic (exact) mass is 664 g/mol. The first kappa shape index (κ1) is 34.2. The van der Waals surface area contributed by atoms with Gasteiger partial charge in [0.25, 0.3) is 0 Å². The minimum absolute atomic E-state index is 0.0380. The Morgan fingerprint density at radius 3 is 1.15 bits per heavy atom. The third kappa shape index (κ3) is 6.93. The lowest BCUT2D eigenvalue weighted by molar-refractivity contribution is -0.139. The molecule has 0 bridgehead atoms. The zero-order chi connectivity index (χ0) is 35.1. The second-order valence-corrected chi connectivity index (χ2v) is 12.5. The number of nitrogen functional groups attached to an aromatic ring is 2. The maximum Gasteiger partial charge on any atom is 0.420 e. The zero-order valence-electron chi connectivity index (χ0n) is 26.6. The molecular formula is C38H34F6N2O2. The van der Waals surface area contributed by atoms with Crippen LogP contribution in [0.15, 0.2) is 109 Å². The smallest absolute Gasteiger partial charge is 0.420 e. The third-order valence-electron chi connectivity index (χ3n) is 8.48. The minimum Gasteiger partial charge on any atom is -0.456 e. The molecule has 5 aromatic carbocycles. The average molecular weight is 665 g/mol. The van der Waals surface area contributed by atoms with E-state index in [-0.39, 0.29) is 34.4 Å². The normalized spacial score (nSPS) is 12.5. The molecule has 4 N–H and O–H groups in total. The van der Waals surface area contributed by atoms with Gasteiger partial charge in [0.1, 0.15) is 34.1 Å². The quantitative estimate of drug-likeness (QED) is 0.128. The van der Waals surface area contributed by atoms with E-state index in [2.05, 4.69) is 0 Å². The van der Waals surface area contributed by atoms with E-state index < -0.39 is 34.3 Å². The first-order chi connectivity index (χ1) is 22.4. The molecule has 0 aliphatic carbocycles. The molecule has 0 amide bonds. The van der Waals surface area contributed by atoms with Crippen LogP contribution in [0.4, 0.5) is 37.7 Å². The summed E-state index contributed by atoms with van der Waals surface area (Å²) in [6.07, 6.45) is -9.37. The number of alkyl halides is 6. The van der Waals surface area contributed by atoms with E-state index in [1.165, 1.54) is 24.3 Å². The Hall–Kier alpha value is -5.12. The molecule has 0 atom stereocenters. The van der Waals surface area contributed by atoms with Gasteiger partial charge in [-0.25, -0.2) is 0 Å². The Morgan fingerprint density at radius 2 is 0.771 bits per heavy atom. The molecule has 5 rings (SSSR count). The largest absolute Gasteiger partial charge is 0.456 e. The molecule has 0 fully saturated rings. The highest BCUT2D eigenvalue weighted by atomic mass is 19.4. The van der Waals surface area contributed by atoms with Crippen LogP contribution in [0.2, 0.25) is 0 Å². The van der Waals surface area contributed by atoms with Crippen molar-refractivity contribution >= 4 is 11.4 Å². The van der Waals surface area contributed by atoms with Gasteiger partial charge in [-0.15, -0.1) is 0 Å². The summed E-state index contributed by atoms with van der Waals surface area (Å²) in [4.78, 5) is 0. The highest BCUT2D eigenvalue weighted by molar-refractivity contribution is 5.56. The van der Waals surface area contributed by atoms with Gasteiger partial charge in [0.15, 0.2) is 0 Å². The molecule has 0 unspecified atom stereocenters. The van der Waals surface area contributed by atoms with Gasteiger partial charge in [0.05, 0.1) is 0 Å². The van der Waals surface area contributed by atoms with E-state index in [0.717, 1.165) is 23.3 Å². The van der Waals surface area contributed by atoms with Crippen molar-refractivity contribution in [3.8, 4) is 23.0 Å². The maximum atomic E-state index is 13.9. The molecule has 0 aliphatic heterocycles. The van der Waals surface area contributed by atoms with E-state index in [1.54, 1.807) is 48.5 Å². The zero-order valence-corrected chi connectivity index (χ0v) is 26.6. The molecule has 0 aromatic heterocycles. The highest BCUT2D eigenvalue weighted by Crippen LogP contribution is 2.46. The summed E-state index contributed by atoms with van der Waals surface area (Å²) in [6.45, 7) is 7.75. The van der Waals surface area contributed by atoms with Gasteiger partial charge >= 0.3 is 12.4 Å². The first-order valence-electron chi connectivity index (χ1n) is 15.0. The maximum absolute atomic E-state index is 13.9. The van der Waals surface area contributed by atoms with Crippen LogP contribution in [0.3, 0.4) is 0 Å². The van der Waals surface area contributed by atoms with Gasteiger partial charge in [-0.1, -0.05) is 88.4 Å². The first-order valence-corrected chi connectivity index (χ1v) is 15.0. The minimum atomic E-state index is -4.68. The van der Waals surface area contributed by atoms with Crippen LogP contribution in [-0.4, -0.2) is 0 Å². The molecule has 5 aromatic rings. The lowest BCUT2D eigenvalue weighted by atomic mass is 9.73. The van der Waals surface area contributed by atoms with Crippen LogP contribution in [0.25, 0.3) is 0 Å². The Morgan fingerprint density at radius 1 is 0.417 bits per heavy atom. The number of hydrogen-bond donors (Lipinski definition) is 2. The van der Waals surface area contributed by atoms with Crippen molar-refractivity contribution in [2.75, 3.05) is 11.5 Å². The van der Waals surface area contributed by atoms with Crippen molar-refractivity contribution in [1.29, 1.82) is 0 Å². The molecule has 0 spiro atoms. The molecule has 0 aliphatic rings. The molecular weight excluding hydrogens is 630 g/mol. The number of hydrogen-bond acceptors (Lipinski definition) is 4. The number of benzene rings is 5. The molecule has 0 saturated carbocycles. The van der Waals surface area contributed by atoms with E-state index in [0.29, 0.717) is 11.1 Å². The predicted octanol–water partition coefficient (Wildman–Crippen LogP) is 11.1. The van der Waals surface area contributed by atoms with Crippen molar-refractivity contribution in [3.05, 3.63) is 143 Å². The SMILES string of the molecule is CC(C)(c1cccc(C(C)(C)c2ccccc2Oc2ccc(N)cc2C(F)(F)F)c1)c1ccccc1Oc1ccc(N)cc1C(F)(F)F. The fourth-order valence-corrected chi connectivity index (χ4v) is 5.70. The molecule has 10 heteroatoms. The number of para-hydroxylation sites is 2. The predicted molar refractivity (Wildman–Crippen MR) is 175 cm³/mol. The van der Waals surface area contributed by atoms with E-state index in [1.807, 2.05) is 52.0 Å². The number of anilines is 2. The number of nitrogens with two attached hydrogens (primary N) is 2. The van der Waals surface area contributed by atoms with Gasteiger partial charge in [-0.3, -0.25) is 0 Å². The Kier molecular flexibility index (Phi) is 8.90. The van der Waals surface area contributed by atoms with E-state index in [4.69, 9.17) is 20.9 Å². The van der Waals surface area contributed by atoms with Crippen LogP contribution in [0.1, 0.15) is 61.1 Å². The highest BCUT2D eigenvalue weighted by Gasteiger charge is 2.37. The lowest BCUT2D eigenvalue weighted by Crippen LogP contribution is -2.24. The van der Waals surface area contributed by atoms with Gasteiger partial charge in [-0.2, -0.15) is 26.3 Å². The summed E-state index contributed by atoms with van der Waals surface area (Å²) in [7, 11) is 0. The number of rotatable bonds is 8. The van der Waals surface area contributed by atoms with E-state index in [9.17, 15) is 26.3 Å². The van der Waals surface area contributed by atoms with Crippen molar-refractivity contribution in [3.63, 3.8) is 0 Å². The van der Waals surface area contributed by atoms with Gasteiger partial charge in [0.2, 0.25) is 0 Å². The van der Waals surface area contributed by atoms with Crippen LogP contribution in [0, 0.1) is 0 Å². The molecule has 48 heavy (non-hydrogen) atoms. The molecule has 250 valence electrons. The Labute approximate surface area is 274 Å². The molecule has 0 saturated heterocycles. The summed E-state index contributed by atoms with van der Waals surface area (Å²) in [5, 5.41) is 0. The fraction of sp³-hybridized carbons (Fsp3) is 0.211. The second-order valence-electron chi connectivity index (χ2n) is 12.5. The average Bonchev–Trinajstić information content (AvgIpc) is 3.02. The number of halogens is 6. The molecule has 0 heterocycles. The van der Waals surface area contributed by atoms with Gasteiger partial charge in [-0.05, 0) is 59.7 Å². The van der Waals surface area contributed by atoms with Crippen molar-refractivity contribution < 1.29 is 35.8 Å². The number of ether oxygens (including phenoxy) is 2. The van der Waals surface area contributed by atoms with E-state index >= 15 is 0 Å². The van der Waals surface area contributed by atoms with Crippen molar-refractivity contribution in [2.24, 2.45) is 0 Å². The summed E-state index contributed by atoms with van der Waals surface area (Å²) < 4.78 is 95.1. The van der Waals surface area contributed by atoms with Crippen LogP contribution < -0.4 is 20.9 Å². The fourth-order valence-electron chi connectivity index (χ4n) is 5.70. The topological polar surface area (TPSA) is 70.5 Å². The molecule has 0 radical (unpaired) electrons. The Bertz CT molecular complexity index is 1810. The molecule has 4 nitrogen and oxygen atoms in total. The summed E-state index contributed by atoms with van der Waals surface area (Å²) in [5.74, 6) is -0.266. The second kappa shape index (κ2) is 12.5. The van der Waals surface area contributed by atoms with Crippen LogP contribution >= 0.6 is 0 Å². The van der Waals surface area contributed by atoms with Gasteiger partial charge in [0, 0.05) is 33.3 Å². The lowest BCUT2D eigenvalue weighted by Gasteiger charge is -2.32. The summed E-state index contributed by atoms with van der Waals surface area (Å²) in [6, 6.07) is 28.2. The third-order valence-corrected chi connectivity index (χ3v) is 8.48. The standard InChI is InChI=1S/C38H34F6N2O2/c1-35(2,27-12-5-7-14-31(27)47-33-18-16-25(45)21-29(33)37(39,40)41)23-10-9-11-24(20-23)36(3,4)28-13-6-8-15-32(28)48-34-19-17-26(46)22-30(34)38(42,43)44/h5-22H,45-46H2,1-4H3. The summed E-state index contributed by atoms with van der Waals surface area (Å²) in [5.41, 5.74) is 10.6. The Balaban J connectivity index is 1.53. The summed E-state index contributed by atoms with van der Waals surface area (Å²) >= 11 is 0.